The fraction of sp³-hybridized carbons (Fsp3) is 0.273. The van der Waals surface area contributed by atoms with Crippen molar-refractivity contribution in [3.63, 3.8) is 0 Å². The molecule has 0 saturated heterocycles. The first kappa shape index (κ1) is 12.5. The Kier molecular flexibility index (Phi) is 4.29. The van der Waals surface area contributed by atoms with Gasteiger partial charge in [-0.25, -0.2) is 0 Å². The number of benzene rings is 1. The first-order chi connectivity index (χ1) is 7.58. The van der Waals surface area contributed by atoms with Crippen LogP contribution in [0.2, 0.25) is 5.02 Å². The molecule has 0 aliphatic rings. The molecule has 5 heteroatoms. The number of hydrogen-bond acceptors (Lipinski definition) is 3. The summed E-state index contributed by atoms with van der Waals surface area (Å²) in [7, 11) is 0. The quantitative estimate of drug-likeness (QED) is 0.843. The standard InChI is InChI=1S/C11H12ClN3O/c1-2-9(14)11(16)15-10-5-8(12)4-3-7(10)6-13/h3-5,9H,2,14H2,1H3,(H,15,16)/t9-/m0/s1. The smallest absolute Gasteiger partial charge is 0.241 e. The lowest BCUT2D eigenvalue weighted by molar-refractivity contribution is -0.117. The first-order valence-corrected chi connectivity index (χ1v) is 5.22. The number of nitriles is 1. The molecule has 1 rings (SSSR count). The summed E-state index contributed by atoms with van der Waals surface area (Å²) in [5.41, 5.74) is 6.32. The molecule has 1 amide bonds. The Morgan fingerprint density at radius 2 is 2.38 bits per heavy atom. The molecule has 0 aliphatic heterocycles. The third-order valence-corrected chi connectivity index (χ3v) is 2.37. The maximum Gasteiger partial charge on any atom is 0.241 e. The van der Waals surface area contributed by atoms with E-state index < -0.39 is 6.04 Å². The van der Waals surface area contributed by atoms with Crippen molar-refractivity contribution in [1.29, 1.82) is 5.26 Å². The van der Waals surface area contributed by atoms with Gasteiger partial charge in [0.25, 0.3) is 0 Å². The highest BCUT2D eigenvalue weighted by Gasteiger charge is 2.13. The number of amides is 1. The van der Waals surface area contributed by atoms with Crippen molar-refractivity contribution in [2.75, 3.05) is 5.32 Å². The summed E-state index contributed by atoms with van der Waals surface area (Å²) >= 11 is 5.78. The Morgan fingerprint density at radius 3 is 2.94 bits per heavy atom. The molecule has 1 aromatic carbocycles. The van der Waals surface area contributed by atoms with Crippen molar-refractivity contribution < 1.29 is 4.79 Å². The maximum atomic E-state index is 11.5. The molecular weight excluding hydrogens is 226 g/mol. The second-order valence-electron chi connectivity index (χ2n) is 3.31. The molecule has 0 aliphatic carbocycles. The van der Waals surface area contributed by atoms with Crippen molar-refractivity contribution in [3.8, 4) is 6.07 Å². The molecule has 0 unspecified atom stereocenters. The van der Waals surface area contributed by atoms with Crippen LogP contribution in [0.5, 0.6) is 0 Å². The van der Waals surface area contributed by atoms with E-state index in [0.29, 0.717) is 22.7 Å². The molecule has 84 valence electrons. The van der Waals surface area contributed by atoms with Crippen LogP contribution < -0.4 is 11.1 Å². The number of carbonyl (C=O) groups excluding carboxylic acids is 1. The molecule has 3 N–H and O–H groups in total. The van der Waals surface area contributed by atoms with Gasteiger partial charge in [0.05, 0.1) is 17.3 Å². The average molecular weight is 238 g/mol. The number of anilines is 1. The second kappa shape index (κ2) is 5.50. The van der Waals surface area contributed by atoms with Crippen molar-refractivity contribution in [1.82, 2.24) is 0 Å². The highest BCUT2D eigenvalue weighted by atomic mass is 35.5. The van der Waals surface area contributed by atoms with E-state index in [0.717, 1.165) is 0 Å². The molecule has 1 atom stereocenters. The monoisotopic (exact) mass is 237 g/mol. The molecule has 0 bridgehead atoms. The molecular formula is C11H12ClN3O. The number of nitrogens with zero attached hydrogens (tertiary/aromatic N) is 1. The van der Waals surface area contributed by atoms with E-state index in [9.17, 15) is 4.79 Å². The summed E-state index contributed by atoms with van der Waals surface area (Å²) in [6.45, 7) is 1.81. The highest BCUT2D eigenvalue weighted by molar-refractivity contribution is 6.31. The van der Waals surface area contributed by atoms with Gasteiger partial charge in [0.1, 0.15) is 6.07 Å². The normalized spacial score (nSPS) is 11.6. The van der Waals surface area contributed by atoms with Gasteiger partial charge in [-0.15, -0.1) is 0 Å². The van der Waals surface area contributed by atoms with E-state index in [1.54, 1.807) is 12.1 Å². The van der Waals surface area contributed by atoms with Crippen LogP contribution in [0.15, 0.2) is 18.2 Å². The fourth-order valence-corrected chi connectivity index (χ4v) is 1.30. The van der Waals surface area contributed by atoms with E-state index in [-0.39, 0.29) is 5.91 Å². The summed E-state index contributed by atoms with van der Waals surface area (Å²) in [5.74, 6) is -0.318. The summed E-state index contributed by atoms with van der Waals surface area (Å²) < 4.78 is 0. The van der Waals surface area contributed by atoms with Crippen LogP contribution in [0.3, 0.4) is 0 Å². The average Bonchev–Trinajstić information content (AvgIpc) is 2.28. The molecule has 0 aromatic heterocycles. The van der Waals surface area contributed by atoms with Gasteiger partial charge in [-0.1, -0.05) is 18.5 Å². The molecule has 0 saturated carbocycles. The van der Waals surface area contributed by atoms with Gasteiger partial charge in [-0.2, -0.15) is 5.26 Å². The lowest BCUT2D eigenvalue weighted by Crippen LogP contribution is -2.35. The summed E-state index contributed by atoms with van der Waals surface area (Å²) in [6, 6.07) is 6.06. The van der Waals surface area contributed by atoms with Gasteiger partial charge in [0.15, 0.2) is 0 Å². The van der Waals surface area contributed by atoms with Crippen LogP contribution in [0.25, 0.3) is 0 Å². The molecule has 0 spiro atoms. The van der Waals surface area contributed by atoms with E-state index in [2.05, 4.69) is 5.32 Å². The molecule has 4 nitrogen and oxygen atoms in total. The predicted molar refractivity (Wildman–Crippen MR) is 63.1 cm³/mol. The fourth-order valence-electron chi connectivity index (χ4n) is 1.13. The zero-order valence-electron chi connectivity index (χ0n) is 8.83. The van der Waals surface area contributed by atoms with Crippen molar-refractivity contribution >= 4 is 23.2 Å². The Morgan fingerprint density at radius 1 is 1.69 bits per heavy atom. The third-order valence-electron chi connectivity index (χ3n) is 2.14. The molecule has 1 aromatic rings. The maximum absolute atomic E-state index is 11.5. The summed E-state index contributed by atoms with van der Waals surface area (Å²) in [4.78, 5) is 11.5. The predicted octanol–water partition coefficient (Wildman–Crippen LogP) is 1.89. The van der Waals surface area contributed by atoms with Gasteiger partial charge in [0, 0.05) is 5.02 Å². The van der Waals surface area contributed by atoms with Gasteiger partial charge in [-0.3, -0.25) is 4.79 Å². The highest BCUT2D eigenvalue weighted by Crippen LogP contribution is 2.20. The zero-order valence-corrected chi connectivity index (χ0v) is 9.58. The van der Waals surface area contributed by atoms with E-state index in [1.807, 2.05) is 13.0 Å². The Labute approximate surface area is 99.0 Å². The van der Waals surface area contributed by atoms with Crippen LogP contribution >= 0.6 is 11.6 Å². The van der Waals surface area contributed by atoms with Gasteiger partial charge >= 0.3 is 0 Å². The van der Waals surface area contributed by atoms with Crippen LogP contribution in [0.4, 0.5) is 5.69 Å². The second-order valence-corrected chi connectivity index (χ2v) is 3.74. The van der Waals surface area contributed by atoms with Crippen LogP contribution in [-0.4, -0.2) is 11.9 Å². The SMILES string of the molecule is CC[C@H](N)C(=O)Nc1cc(Cl)ccc1C#N. The summed E-state index contributed by atoms with van der Waals surface area (Å²) in [6.07, 6.45) is 0.536. The number of nitrogens with two attached hydrogens (primary N) is 1. The summed E-state index contributed by atoms with van der Waals surface area (Å²) in [5, 5.41) is 11.9. The Balaban J connectivity index is 2.92. The molecule has 0 fully saturated rings. The lowest BCUT2D eigenvalue weighted by atomic mass is 10.1. The minimum atomic E-state index is -0.578. The van der Waals surface area contributed by atoms with E-state index in [1.165, 1.54) is 6.07 Å². The van der Waals surface area contributed by atoms with Crippen molar-refractivity contribution in [2.45, 2.75) is 19.4 Å². The number of carbonyl (C=O) groups is 1. The van der Waals surface area contributed by atoms with Crippen LogP contribution in [-0.2, 0) is 4.79 Å². The van der Waals surface area contributed by atoms with Gasteiger partial charge in [0.2, 0.25) is 5.91 Å². The van der Waals surface area contributed by atoms with Crippen LogP contribution in [0.1, 0.15) is 18.9 Å². The largest absolute Gasteiger partial charge is 0.323 e. The Hall–Kier alpha value is -1.57. The van der Waals surface area contributed by atoms with Crippen LogP contribution in [0, 0.1) is 11.3 Å². The number of nitrogens with one attached hydrogen (secondary N) is 1. The first-order valence-electron chi connectivity index (χ1n) is 4.84. The number of rotatable bonds is 3. The van der Waals surface area contributed by atoms with Crippen molar-refractivity contribution in [3.05, 3.63) is 28.8 Å². The third kappa shape index (κ3) is 2.96. The van der Waals surface area contributed by atoms with Gasteiger partial charge in [-0.05, 0) is 24.6 Å². The lowest BCUT2D eigenvalue weighted by Gasteiger charge is -2.11. The van der Waals surface area contributed by atoms with E-state index in [4.69, 9.17) is 22.6 Å². The molecule has 0 radical (unpaired) electrons. The van der Waals surface area contributed by atoms with E-state index >= 15 is 0 Å². The Bertz CT molecular complexity index is 439. The number of halogens is 1. The molecule has 0 heterocycles. The topological polar surface area (TPSA) is 78.9 Å². The molecule has 16 heavy (non-hydrogen) atoms. The zero-order chi connectivity index (χ0) is 12.1. The number of hydrogen-bond donors (Lipinski definition) is 2. The minimum Gasteiger partial charge on any atom is -0.323 e. The van der Waals surface area contributed by atoms with Gasteiger partial charge < -0.3 is 11.1 Å². The van der Waals surface area contributed by atoms with Crippen molar-refractivity contribution in [2.24, 2.45) is 5.73 Å². The minimum absolute atomic E-state index is 0.318.